The number of H-pyrrole nitrogens is 1. The zero-order valence-corrected chi connectivity index (χ0v) is 16.0. The van der Waals surface area contributed by atoms with Crippen molar-refractivity contribution in [3.8, 4) is 5.75 Å². The second-order valence-electron chi connectivity index (χ2n) is 7.93. The second kappa shape index (κ2) is 6.72. The third kappa shape index (κ3) is 3.54. The van der Waals surface area contributed by atoms with E-state index < -0.39 is 0 Å². The van der Waals surface area contributed by atoms with Crippen LogP contribution in [0.4, 0.5) is 5.82 Å². The molecule has 1 N–H and O–H groups in total. The summed E-state index contributed by atoms with van der Waals surface area (Å²) < 4.78 is 6.97. The molecule has 0 bridgehead atoms. The first-order chi connectivity index (χ1) is 12.9. The number of hydrogen-bond donors (Lipinski definition) is 1. The fourth-order valence-corrected chi connectivity index (χ4v) is 3.47. The molecule has 1 aliphatic heterocycles. The maximum atomic E-state index is 12.3. The van der Waals surface area contributed by atoms with Crippen molar-refractivity contribution in [1.29, 1.82) is 0 Å². The van der Waals surface area contributed by atoms with E-state index in [1.165, 1.54) is 0 Å². The SMILES string of the molecule is COc1ccc(Cn2[nH]c(=O)c3ncc(N4CCC(C)(C)CC4)nc32)cc1. The van der Waals surface area contributed by atoms with Gasteiger partial charge >= 0.3 is 0 Å². The van der Waals surface area contributed by atoms with E-state index in [-0.39, 0.29) is 5.56 Å². The van der Waals surface area contributed by atoms with E-state index in [0.717, 1.165) is 43.1 Å². The lowest BCUT2D eigenvalue weighted by Crippen LogP contribution is -2.37. The van der Waals surface area contributed by atoms with Crippen LogP contribution in [-0.2, 0) is 6.54 Å². The average Bonchev–Trinajstić information content (AvgIpc) is 2.97. The summed E-state index contributed by atoms with van der Waals surface area (Å²) in [5, 5.41) is 2.86. The van der Waals surface area contributed by atoms with Crippen LogP contribution in [0.15, 0.2) is 35.3 Å². The Hall–Kier alpha value is -2.83. The van der Waals surface area contributed by atoms with E-state index >= 15 is 0 Å². The van der Waals surface area contributed by atoms with E-state index in [1.54, 1.807) is 18.0 Å². The highest BCUT2D eigenvalue weighted by molar-refractivity contribution is 5.71. The van der Waals surface area contributed by atoms with E-state index in [2.05, 4.69) is 28.8 Å². The summed E-state index contributed by atoms with van der Waals surface area (Å²) in [6.07, 6.45) is 3.96. The van der Waals surface area contributed by atoms with Crippen molar-refractivity contribution in [1.82, 2.24) is 19.7 Å². The first-order valence-corrected chi connectivity index (χ1v) is 9.29. The third-order valence-electron chi connectivity index (χ3n) is 5.39. The van der Waals surface area contributed by atoms with Gasteiger partial charge in [-0.05, 0) is 36.0 Å². The minimum Gasteiger partial charge on any atom is -0.497 e. The lowest BCUT2D eigenvalue weighted by atomic mass is 9.83. The van der Waals surface area contributed by atoms with Crippen LogP contribution < -0.4 is 15.2 Å². The van der Waals surface area contributed by atoms with Gasteiger partial charge in [0.1, 0.15) is 11.6 Å². The highest BCUT2D eigenvalue weighted by Crippen LogP contribution is 2.31. The van der Waals surface area contributed by atoms with Crippen LogP contribution in [0.1, 0.15) is 32.3 Å². The van der Waals surface area contributed by atoms with Crippen LogP contribution in [0.25, 0.3) is 11.2 Å². The maximum absolute atomic E-state index is 12.3. The molecule has 2 aromatic heterocycles. The first-order valence-electron chi connectivity index (χ1n) is 9.29. The molecule has 0 unspecified atom stereocenters. The lowest BCUT2D eigenvalue weighted by Gasteiger charge is -2.37. The van der Waals surface area contributed by atoms with Crippen molar-refractivity contribution in [2.75, 3.05) is 25.1 Å². The number of ether oxygens (including phenoxy) is 1. The molecule has 7 nitrogen and oxygen atoms in total. The molecule has 3 heterocycles. The van der Waals surface area contributed by atoms with Crippen molar-refractivity contribution in [3.05, 3.63) is 46.4 Å². The van der Waals surface area contributed by atoms with Gasteiger partial charge < -0.3 is 9.64 Å². The number of hydrogen-bond acceptors (Lipinski definition) is 5. The van der Waals surface area contributed by atoms with E-state index in [1.807, 2.05) is 24.3 Å². The molecule has 7 heteroatoms. The van der Waals surface area contributed by atoms with Crippen LogP contribution in [0, 0.1) is 5.41 Å². The Kier molecular flexibility index (Phi) is 4.37. The number of fused-ring (bicyclic) bond motifs is 1. The fraction of sp³-hybridized carbons (Fsp3) is 0.450. The van der Waals surface area contributed by atoms with Gasteiger partial charge in [0, 0.05) is 13.1 Å². The van der Waals surface area contributed by atoms with E-state index in [0.29, 0.717) is 23.1 Å². The molecule has 0 spiro atoms. The summed E-state index contributed by atoms with van der Waals surface area (Å²) in [6, 6.07) is 7.78. The number of anilines is 1. The highest BCUT2D eigenvalue weighted by atomic mass is 16.5. The summed E-state index contributed by atoms with van der Waals surface area (Å²) in [5.41, 5.74) is 2.19. The Balaban J connectivity index is 1.64. The maximum Gasteiger partial charge on any atom is 0.292 e. The molecule has 0 saturated carbocycles. The molecule has 1 fully saturated rings. The Bertz CT molecular complexity index is 993. The van der Waals surface area contributed by atoms with Gasteiger partial charge in [-0.3, -0.25) is 14.6 Å². The number of aromatic nitrogens is 4. The largest absolute Gasteiger partial charge is 0.497 e. The van der Waals surface area contributed by atoms with Gasteiger partial charge in [-0.25, -0.2) is 9.97 Å². The molecule has 1 aromatic carbocycles. The van der Waals surface area contributed by atoms with Crippen molar-refractivity contribution in [2.24, 2.45) is 5.41 Å². The van der Waals surface area contributed by atoms with Gasteiger partial charge in [-0.2, -0.15) is 0 Å². The quantitative estimate of drug-likeness (QED) is 0.767. The predicted octanol–water partition coefficient (Wildman–Crippen LogP) is 2.80. The molecule has 3 aromatic rings. The summed E-state index contributed by atoms with van der Waals surface area (Å²) in [5.74, 6) is 1.64. The average molecular weight is 367 g/mol. The topological polar surface area (TPSA) is 76.0 Å². The van der Waals surface area contributed by atoms with Crippen LogP contribution in [0.5, 0.6) is 5.75 Å². The Labute approximate surface area is 158 Å². The summed E-state index contributed by atoms with van der Waals surface area (Å²) in [6.45, 7) is 7.05. The standard InChI is InChI=1S/C20H25N5O2/c1-20(2)8-10-24(11-9-20)16-12-21-17-18(22-16)25(23-19(17)26)13-14-4-6-15(27-3)7-5-14/h4-7,12H,8-11,13H2,1-3H3,(H,23,26). The third-order valence-corrected chi connectivity index (χ3v) is 5.39. The Morgan fingerprint density at radius 2 is 1.89 bits per heavy atom. The molecule has 27 heavy (non-hydrogen) atoms. The molecule has 1 aliphatic rings. The van der Waals surface area contributed by atoms with Gasteiger partial charge in [0.25, 0.3) is 5.56 Å². The van der Waals surface area contributed by atoms with E-state index in [9.17, 15) is 4.79 Å². The molecular formula is C20H25N5O2. The minimum atomic E-state index is -0.211. The van der Waals surface area contributed by atoms with Crippen molar-refractivity contribution in [2.45, 2.75) is 33.2 Å². The van der Waals surface area contributed by atoms with Gasteiger partial charge in [0.2, 0.25) is 0 Å². The van der Waals surface area contributed by atoms with Gasteiger partial charge in [0.15, 0.2) is 11.2 Å². The number of piperidine rings is 1. The number of aromatic amines is 1. The number of benzene rings is 1. The number of nitrogens with zero attached hydrogens (tertiary/aromatic N) is 4. The summed E-state index contributed by atoms with van der Waals surface area (Å²) in [7, 11) is 1.64. The molecule has 142 valence electrons. The predicted molar refractivity (Wildman–Crippen MR) is 105 cm³/mol. The number of nitrogens with one attached hydrogen (secondary N) is 1. The Morgan fingerprint density at radius 1 is 1.19 bits per heavy atom. The monoisotopic (exact) mass is 367 g/mol. The van der Waals surface area contributed by atoms with Crippen molar-refractivity contribution in [3.63, 3.8) is 0 Å². The van der Waals surface area contributed by atoms with E-state index in [4.69, 9.17) is 9.72 Å². The molecule has 4 rings (SSSR count). The smallest absolute Gasteiger partial charge is 0.292 e. The van der Waals surface area contributed by atoms with Crippen LogP contribution in [-0.4, -0.2) is 39.9 Å². The fourth-order valence-electron chi connectivity index (χ4n) is 3.47. The van der Waals surface area contributed by atoms with Crippen LogP contribution >= 0.6 is 0 Å². The molecule has 0 atom stereocenters. The van der Waals surface area contributed by atoms with Crippen LogP contribution in [0.3, 0.4) is 0 Å². The highest BCUT2D eigenvalue weighted by Gasteiger charge is 2.26. The molecule has 0 radical (unpaired) electrons. The zero-order valence-electron chi connectivity index (χ0n) is 16.0. The lowest BCUT2D eigenvalue weighted by molar-refractivity contribution is 0.279. The molecule has 0 aliphatic carbocycles. The number of methoxy groups -OCH3 is 1. The first kappa shape index (κ1) is 17.6. The molecule has 0 amide bonds. The van der Waals surface area contributed by atoms with Gasteiger partial charge in [-0.1, -0.05) is 26.0 Å². The minimum absolute atomic E-state index is 0.211. The molecular weight excluding hydrogens is 342 g/mol. The molecule has 1 saturated heterocycles. The number of rotatable bonds is 4. The van der Waals surface area contributed by atoms with Crippen LogP contribution in [0.2, 0.25) is 0 Å². The summed E-state index contributed by atoms with van der Waals surface area (Å²) >= 11 is 0. The second-order valence-corrected chi connectivity index (χ2v) is 7.93. The normalized spacial score (nSPS) is 16.6. The summed E-state index contributed by atoms with van der Waals surface area (Å²) in [4.78, 5) is 23.7. The van der Waals surface area contributed by atoms with Crippen molar-refractivity contribution >= 4 is 17.0 Å². The van der Waals surface area contributed by atoms with Gasteiger partial charge in [0.05, 0.1) is 19.9 Å². The van der Waals surface area contributed by atoms with Gasteiger partial charge in [-0.15, -0.1) is 0 Å². The van der Waals surface area contributed by atoms with Crippen molar-refractivity contribution < 1.29 is 4.74 Å². The Morgan fingerprint density at radius 3 is 2.56 bits per heavy atom. The zero-order chi connectivity index (χ0) is 19.0.